The van der Waals surface area contributed by atoms with Crippen LogP contribution < -0.4 is 15.8 Å². The van der Waals surface area contributed by atoms with Crippen LogP contribution in [0, 0.1) is 0 Å². The van der Waals surface area contributed by atoms with Gasteiger partial charge in [0.2, 0.25) is 0 Å². The zero-order chi connectivity index (χ0) is 15.8. The fraction of sp³-hybridized carbons (Fsp3) is 0.471. The number of benzene rings is 1. The van der Waals surface area contributed by atoms with E-state index < -0.39 is 5.83 Å². The normalized spacial score (nSPS) is 15.7. The molecule has 0 atom stereocenters. The Morgan fingerprint density at radius 3 is 2.52 bits per heavy atom. The van der Waals surface area contributed by atoms with Crippen molar-refractivity contribution in [1.29, 1.82) is 0 Å². The van der Waals surface area contributed by atoms with E-state index in [0.29, 0.717) is 11.3 Å². The summed E-state index contributed by atoms with van der Waals surface area (Å²) in [6.07, 6.45) is 7.00. The van der Waals surface area contributed by atoms with Gasteiger partial charge in [0, 0.05) is 18.2 Å². The van der Waals surface area contributed by atoms with E-state index >= 15 is 0 Å². The lowest BCUT2D eigenvalue weighted by Gasteiger charge is -2.22. The molecule has 0 bridgehead atoms. The predicted molar refractivity (Wildman–Crippen MR) is 91.8 cm³/mol. The number of nitrogens with one attached hydrogen (secondary N) is 1. The summed E-state index contributed by atoms with van der Waals surface area (Å²) in [6.45, 7) is 0.000284. The molecule has 1 aliphatic carbocycles. The van der Waals surface area contributed by atoms with Crippen molar-refractivity contribution >= 4 is 18.3 Å². The molecular formula is C17H24ClFN2O2. The molecule has 0 aliphatic heterocycles. The molecule has 128 valence electrons. The van der Waals surface area contributed by atoms with Crippen molar-refractivity contribution < 1.29 is 13.9 Å². The van der Waals surface area contributed by atoms with E-state index in [-0.39, 0.29) is 37.5 Å². The fourth-order valence-electron chi connectivity index (χ4n) is 2.56. The van der Waals surface area contributed by atoms with Crippen LogP contribution in [-0.4, -0.2) is 25.1 Å². The first kappa shape index (κ1) is 19.5. The predicted octanol–water partition coefficient (Wildman–Crippen LogP) is 3.36. The molecular weight excluding hydrogens is 319 g/mol. The topological polar surface area (TPSA) is 64.3 Å². The molecule has 0 spiro atoms. The third-order valence-electron chi connectivity index (χ3n) is 3.77. The Morgan fingerprint density at radius 1 is 1.26 bits per heavy atom. The molecule has 1 aromatic carbocycles. The van der Waals surface area contributed by atoms with Crippen molar-refractivity contribution in [2.45, 2.75) is 38.1 Å². The Labute approximate surface area is 142 Å². The minimum atomic E-state index is -0.401. The maximum atomic E-state index is 13.1. The van der Waals surface area contributed by atoms with Crippen molar-refractivity contribution in [3.05, 3.63) is 41.7 Å². The molecule has 0 unspecified atom stereocenters. The van der Waals surface area contributed by atoms with E-state index in [1.165, 1.54) is 25.3 Å². The first-order chi connectivity index (χ1) is 10.7. The SMILES string of the molecule is Cl.NC/C=C(/F)COc1ccc(C(=O)NC2CCCCC2)cc1. The molecule has 1 aromatic rings. The van der Waals surface area contributed by atoms with Crippen LogP contribution in [0.4, 0.5) is 4.39 Å². The zero-order valence-electron chi connectivity index (χ0n) is 13.1. The number of rotatable bonds is 6. The second-order valence-corrected chi connectivity index (χ2v) is 5.51. The summed E-state index contributed by atoms with van der Waals surface area (Å²) in [5.41, 5.74) is 5.81. The van der Waals surface area contributed by atoms with Gasteiger partial charge in [-0.05, 0) is 43.2 Å². The molecule has 1 aliphatic rings. The first-order valence-electron chi connectivity index (χ1n) is 7.77. The highest BCUT2D eigenvalue weighted by molar-refractivity contribution is 5.94. The minimum absolute atomic E-state index is 0. The summed E-state index contributed by atoms with van der Waals surface area (Å²) < 4.78 is 18.4. The Hall–Kier alpha value is -1.59. The van der Waals surface area contributed by atoms with Gasteiger partial charge in [0.25, 0.3) is 5.91 Å². The van der Waals surface area contributed by atoms with Crippen LogP contribution in [0.1, 0.15) is 42.5 Å². The third-order valence-corrected chi connectivity index (χ3v) is 3.77. The van der Waals surface area contributed by atoms with Crippen LogP contribution in [0.5, 0.6) is 5.75 Å². The lowest BCUT2D eigenvalue weighted by Crippen LogP contribution is -2.36. The highest BCUT2D eigenvalue weighted by Crippen LogP contribution is 2.18. The monoisotopic (exact) mass is 342 g/mol. The summed E-state index contributed by atoms with van der Waals surface area (Å²) in [7, 11) is 0. The summed E-state index contributed by atoms with van der Waals surface area (Å²) in [5, 5.41) is 3.06. The molecule has 23 heavy (non-hydrogen) atoms. The smallest absolute Gasteiger partial charge is 0.251 e. The number of hydrogen-bond donors (Lipinski definition) is 2. The summed E-state index contributed by atoms with van der Waals surface area (Å²) in [5.74, 6) is 0.0593. The number of ether oxygens (including phenoxy) is 1. The Balaban J connectivity index is 0.00000264. The average Bonchev–Trinajstić information content (AvgIpc) is 2.54. The van der Waals surface area contributed by atoms with Gasteiger partial charge in [-0.1, -0.05) is 19.3 Å². The number of nitrogens with two attached hydrogens (primary N) is 1. The lowest BCUT2D eigenvalue weighted by atomic mass is 9.95. The van der Waals surface area contributed by atoms with Gasteiger partial charge < -0.3 is 15.8 Å². The largest absolute Gasteiger partial charge is 0.487 e. The van der Waals surface area contributed by atoms with Crippen molar-refractivity contribution in [3.8, 4) is 5.75 Å². The van der Waals surface area contributed by atoms with E-state index in [4.69, 9.17) is 10.5 Å². The van der Waals surface area contributed by atoms with Crippen LogP contribution in [-0.2, 0) is 0 Å². The standard InChI is InChI=1S/C17H23FN2O2.ClH/c18-14(10-11-19)12-22-16-8-6-13(7-9-16)17(21)20-15-4-2-1-3-5-15;/h6-10,15H,1-5,11-12,19H2,(H,20,21);1H/b14-10+;. The fourth-order valence-corrected chi connectivity index (χ4v) is 2.56. The Kier molecular flexibility index (Phi) is 8.66. The number of hydrogen-bond acceptors (Lipinski definition) is 3. The second kappa shape index (κ2) is 10.2. The highest BCUT2D eigenvalue weighted by atomic mass is 35.5. The maximum absolute atomic E-state index is 13.1. The Bertz CT molecular complexity index is 514. The third kappa shape index (κ3) is 6.59. The van der Waals surface area contributed by atoms with Crippen molar-refractivity contribution in [2.75, 3.05) is 13.2 Å². The molecule has 1 fully saturated rings. The van der Waals surface area contributed by atoms with Crippen LogP contribution in [0.3, 0.4) is 0 Å². The van der Waals surface area contributed by atoms with Gasteiger partial charge in [-0.3, -0.25) is 4.79 Å². The molecule has 0 saturated heterocycles. The molecule has 0 heterocycles. The van der Waals surface area contributed by atoms with Gasteiger partial charge in [0.05, 0.1) is 0 Å². The van der Waals surface area contributed by atoms with Gasteiger partial charge in [0.1, 0.15) is 18.2 Å². The van der Waals surface area contributed by atoms with Gasteiger partial charge in [-0.2, -0.15) is 0 Å². The van der Waals surface area contributed by atoms with Gasteiger partial charge in [-0.25, -0.2) is 4.39 Å². The minimum Gasteiger partial charge on any atom is -0.487 e. The van der Waals surface area contributed by atoms with Crippen LogP contribution in [0.25, 0.3) is 0 Å². The number of carbonyl (C=O) groups is 1. The summed E-state index contributed by atoms with van der Waals surface area (Å²) in [4.78, 5) is 12.1. The molecule has 4 nitrogen and oxygen atoms in total. The van der Waals surface area contributed by atoms with Gasteiger partial charge in [0.15, 0.2) is 0 Å². The highest BCUT2D eigenvalue weighted by Gasteiger charge is 2.16. The summed E-state index contributed by atoms with van der Waals surface area (Å²) >= 11 is 0. The Morgan fingerprint density at radius 2 is 1.91 bits per heavy atom. The number of amides is 1. The number of carbonyl (C=O) groups excluding carboxylic acids is 1. The van der Waals surface area contributed by atoms with E-state index in [2.05, 4.69) is 5.32 Å². The first-order valence-corrected chi connectivity index (χ1v) is 7.77. The molecule has 1 saturated carbocycles. The van der Waals surface area contributed by atoms with E-state index in [0.717, 1.165) is 12.8 Å². The number of halogens is 2. The second-order valence-electron chi connectivity index (χ2n) is 5.51. The zero-order valence-corrected chi connectivity index (χ0v) is 13.9. The maximum Gasteiger partial charge on any atom is 0.251 e. The lowest BCUT2D eigenvalue weighted by molar-refractivity contribution is 0.0927. The summed E-state index contributed by atoms with van der Waals surface area (Å²) in [6, 6.07) is 7.01. The van der Waals surface area contributed by atoms with Crippen LogP contribution >= 0.6 is 12.4 Å². The molecule has 6 heteroatoms. The molecule has 2 rings (SSSR count). The molecule has 0 radical (unpaired) electrons. The van der Waals surface area contributed by atoms with Crippen molar-refractivity contribution in [2.24, 2.45) is 5.73 Å². The van der Waals surface area contributed by atoms with Crippen molar-refractivity contribution in [1.82, 2.24) is 5.32 Å². The van der Waals surface area contributed by atoms with E-state index in [9.17, 15) is 9.18 Å². The van der Waals surface area contributed by atoms with Gasteiger partial charge in [-0.15, -0.1) is 12.4 Å². The van der Waals surface area contributed by atoms with E-state index in [1.54, 1.807) is 24.3 Å². The van der Waals surface area contributed by atoms with Crippen LogP contribution in [0.15, 0.2) is 36.2 Å². The average molecular weight is 343 g/mol. The molecule has 3 N–H and O–H groups in total. The van der Waals surface area contributed by atoms with E-state index in [1.807, 2.05) is 0 Å². The molecule has 1 amide bonds. The van der Waals surface area contributed by atoms with Crippen molar-refractivity contribution in [3.63, 3.8) is 0 Å². The van der Waals surface area contributed by atoms with Crippen LogP contribution in [0.2, 0.25) is 0 Å². The van der Waals surface area contributed by atoms with Gasteiger partial charge >= 0.3 is 0 Å². The molecule has 0 aromatic heterocycles. The quantitative estimate of drug-likeness (QED) is 0.833.